The first-order valence-electron chi connectivity index (χ1n) is 5.62. The van der Waals surface area contributed by atoms with E-state index in [0.717, 1.165) is 23.2 Å². The number of hydrogen-bond donors (Lipinski definition) is 2. The molecule has 0 aliphatic heterocycles. The summed E-state index contributed by atoms with van der Waals surface area (Å²) in [6.07, 6.45) is -0.615. The van der Waals surface area contributed by atoms with Crippen molar-refractivity contribution in [3.63, 3.8) is 0 Å². The van der Waals surface area contributed by atoms with Gasteiger partial charge in [0.2, 0.25) is 0 Å². The van der Waals surface area contributed by atoms with E-state index >= 15 is 0 Å². The topological polar surface area (TPSA) is 46.2 Å². The Morgan fingerprint density at radius 2 is 1.84 bits per heavy atom. The molecule has 19 heavy (non-hydrogen) atoms. The van der Waals surface area contributed by atoms with Crippen LogP contribution in [0.25, 0.3) is 0 Å². The number of nitrogens with two attached hydrogens (primary N) is 1. The first kappa shape index (κ1) is 15.7. The number of thiophene rings is 1. The van der Waals surface area contributed by atoms with Crippen molar-refractivity contribution in [3.05, 3.63) is 53.5 Å². The third-order valence-electron chi connectivity index (χ3n) is 2.90. The molecule has 1 aromatic heterocycles. The second-order valence-electron chi connectivity index (χ2n) is 4.08. The summed E-state index contributed by atoms with van der Waals surface area (Å²) in [6.45, 7) is 0.386. The largest absolute Gasteiger partial charge is 0.387 e. The Hall–Kier alpha value is 0.280. The number of aliphatic hydroxyl groups is 1. The lowest BCUT2D eigenvalue weighted by Gasteiger charge is -2.22. The van der Waals surface area contributed by atoms with Crippen LogP contribution in [0.4, 0.5) is 0 Å². The van der Waals surface area contributed by atoms with E-state index in [2.05, 4.69) is 47.8 Å². The van der Waals surface area contributed by atoms with E-state index in [4.69, 9.17) is 5.73 Å². The van der Waals surface area contributed by atoms with E-state index in [9.17, 15) is 5.11 Å². The molecule has 0 fully saturated rings. The molecule has 2 nitrogen and oxygen atoms in total. The van der Waals surface area contributed by atoms with Gasteiger partial charge < -0.3 is 10.8 Å². The lowest BCUT2D eigenvalue weighted by Crippen LogP contribution is -2.20. The molecule has 2 atom stereocenters. The summed E-state index contributed by atoms with van der Waals surface area (Å²) in [5.41, 5.74) is 6.88. The van der Waals surface area contributed by atoms with Crippen molar-refractivity contribution in [2.24, 2.45) is 5.73 Å². The Kier molecular flexibility index (Phi) is 5.63. The van der Waals surface area contributed by atoms with E-state index in [1.807, 2.05) is 30.3 Å². The average Bonchev–Trinajstić information content (AvgIpc) is 2.73. The molecule has 2 aromatic rings. The summed E-state index contributed by atoms with van der Waals surface area (Å²) in [6, 6.07) is 9.79. The minimum absolute atomic E-state index is 0.131. The summed E-state index contributed by atoms with van der Waals surface area (Å²) in [4.78, 5) is 0.893. The Labute approximate surface area is 141 Å². The van der Waals surface area contributed by atoms with Gasteiger partial charge in [-0.3, -0.25) is 0 Å². The maximum absolute atomic E-state index is 10.6. The molecule has 102 valence electrons. The van der Waals surface area contributed by atoms with E-state index in [1.165, 1.54) is 11.3 Å². The number of hydrogen-bond acceptors (Lipinski definition) is 3. The standard InChI is InChI=1S/C13H12Br3NOS/c14-9-4-2-1-3-7(9)8(6-17)12(18)11-5-10(15)13(16)19-11/h1-5,8,12,18H,6,17H2. The molecule has 1 aromatic carbocycles. The summed E-state index contributed by atoms with van der Waals surface area (Å²) >= 11 is 11.9. The molecule has 0 saturated carbocycles. The van der Waals surface area contributed by atoms with Gasteiger partial charge in [0.05, 0.1) is 9.89 Å². The predicted molar refractivity (Wildman–Crippen MR) is 90.6 cm³/mol. The SMILES string of the molecule is NCC(c1ccccc1Br)C(O)c1cc(Br)c(Br)s1. The molecular formula is C13H12Br3NOS. The first-order valence-corrected chi connectivity index (χ1v) is 8.81. The van der Waals surface area contributed by atoms with Crippen LogP contribution in [0.15, 0.2) is 43.1 Å². The van der Waals surface area contributed by atoms with Crippen molar-refractivity contribution >= 4 is 59.1 Å². The van der Waals surface area contributed by atoms with Crippen LogP contribution in [0.5, 0.6) is 0 Å². The lowest BCUT2D eigenvalue weighted by atomic mass is 9.92. The zero-order chi connectivity index (χ0) is 14.0. The number of rotatable bonds is 4. The highest BCUT2D eigenvalue weighted by Gasteiger charge is 2.25. The number of benzene rings is 1. The van der Waals surface area contributed by atoms with Crippen LogP contribution >= 0.6 is 59.1 Å². The van der Waals surface area contributed by atoms with E-state index in [1.54, 1.807) is 0 Å². The molecule has 0 spiro atoms. The molecule has 3 N–H and O–H groups in total. The minimum atomic E-state index is -0.615. The second-order valence-corrected chi connectivity index (χ2v) is 8.19. The van der Waals surface area contributed by atoms with Crippen LogP contribution in [0.3, 0.4) is 0 Å². The van der Waals surface area contributed by atoms with Crippen LogP contribution in [-0.4, -0.2) is 11.7 Å². The van der Waals surface area contributed by atoms with Gasteiger partial charge in [-0.2, -0.15) is 0 Å². The fraction of sp³-hybridized carbons (Fsp3) is 0.231. The van der Waals surface area contributed by atoms with Crippen LogP contribution in [-0.2, 0) is 0 Å². The first-order chi connectivity index (χ1) is 9.04. The number of halogens is 3. The van der Waals surface area contributed by atoms with Crippen LogP contribution < -0.4 is 5.73 Å². The van der Waals surface area contributed by atoms with Crippen LogP contribution in [0.2, 0.25) is 0 Å². The molecule has 2 unspecified atom stereocenters. The van der Waals surface area contributed by atoms with E-state index in [0.29, 0.717) is 6.54 Å². The Balaban J connectivity index is 2.34. The van der Waals surface area contributed by atoms with Crippen LogP contribution in [0, 0.1) is 0 Å². The maximum Gasteiger partial charge on any atom is 0.0963 e. The zero-order valence-corrected chi connectivity index (χ0v) is 15.4. The highest BCUT2D eigenvalue weighted by atomic mass is 79.9. The Morgan fingerprint density at radius 3 is 2.37 bits per heavy atom. The molecule has 0 radical (unpaired) electrons. The van der Waals surface area contributed by atoms with Crippen molar-refractivity contribution in [3.8, 4) is 0 Å². The highest BCUT2D eigenvalue weighted by Crippen LogP contribution is 2.41. The monoisotopic (exact) mass is 467 g/mol. The molecule has 0 aliphatic rings. The lowest BCUT2D eigenvalue weighted by molar-refractivity contribution is 0.151. The molecule has 0 saturated heterocycles. The maximum atomic E-state index is 10.6. The van der Waals surface area contributed by atoms with Gasteiger partial charge in [-0.1, -0.05) is 34.1 Å². The highest BCUT2D eigenvalue weighted by molar-refractivity contribution is 9.13. The minimum Gasteiger partial charge on any atom is -0.387 e. The molecule has 0 aliphatic carbocycles. The second kappa shape index (κ2) is 6.83. The zero-order valence-electron chi connectivity index (χ0n) is 9.82. The molecule has 0 bridgehead atoms. The van der Waals surface area contributed by atoms with Gasteiger partial charge in [-0.15, -0.1) is 11.3 Å². The Bertz CT molecular complexity index is 553. The van der Waals surface area contributed by atoms with Crippen molar-refractivity contribution in [2.45, 2.75) is 12.0 Å². The summed E-state index contributed by atoms with van der Waals surface area (Å²) in [7, 11) is 0. The van der Waals surface area contributed by atoms with Gasteiger partial charge in [-0.05, 0) is 49.6 Å². The average molecular weight is 470 g/mol. The quantitative estimate of drug-likeness (QED) is 0.674. The molecule has 6 heteroatoms. The fourth-order valence-corrected chi connectivity index (χ4v) is 4.63. The van der Waals surface area contributed by atoms with Gasteiger partial charge >= 0.3 is 0 Å². The van der Waals surface area contributed by atoms with Crippen LogP contribution in [0.1, 0.15) is 22.5 Å². The molecule has 1 heterocycles. The normalized spacial score (nSPS) is 14.4. The third-order valence-corrected chi connectivity index (χ3v) is 6.94. The van der Waals surface area contributed by atoms with Gasteiger partial charge in [0.1, 0.15) is 0 Å². The van der Waals surface area contributed by atoms with Crippen molar-refractivity contribution < 1.29 is 5.11 Å². The van der Waals surface area contributed by atoms with Gasteiger partial charge in [0.25, 0.3) is 0 Å². The van der Waals surface area contributed by atoms with E-state index in [-0.39, 0.29) is 5.92 Å². The third kappa shape index (κ3) is 3.49. The van der Waals surface area contributed by atoms with Crippen molar-refractivity contribution in [1.82, 2.24) is 0 Å². The Morgan fingerprint density at radius 1 is 1.16 bits per heavy atom. The predicted octanol–water partition coefficient (Wildman–Crippen LogP) is 4.81. The molecular weight excluding hydrogens is 458 g/mol. The van der Waals surface area contributed by atoms with Crippen molar-refractivity contribution in [2.75, 3.05) is 6.54 Å². The summed E-state index contributed by atoms with van der Waals surface area (Å²) < 4.78 is 2.90. The summed E-state index contributed by atoms with van der Waals surface area (Å²) in [5.74, 6) is -0.131. The smallest absolute Gasteiger partial charge is 0.0963 e. The van der Waals surface area contributed by atoms with Crippen molar-refractivity contribution in [1.29, 1.82) is 0 Å². The summed E-state index contributed by atoms with van der Waals surface area (Å²) in [5, 5.41) is 10.6. The van der Waals surface area contributed by atoms with E-state index < -0.39 is 6.10 Å². The van der Waals surface area contributed by atoms with Gasteiger partial charge in [0, 0.05) is 26.3 Å². The van der Waals surface area contributed by atoms with Gasteiger partial charge in [-0.25, -0.2) is 0 Å². The molecule has 0 amide bonds. The number of aliphatic hydroxyl groups excluding tert-OH is 1. The van der Waals surface area contributed by atoms with Gasteiger partial charge in [0.15, 0.2) is 0 Å². The fourth-order valence-electron chi connectivity index (χ4n) is 1.91. The molecule has 2 rings (SSSR count).